The van der Waals surface area contributed by atoms with Crippen molar-refractivity contribution in [1.29, 1.82) is 0 Å². The number of halogens is 1. The zero-order valence-corrected chi connectivity index (χ0v) is 29.3. The zero-order valence-electron chi connectivity index (χ0n) is 27.7. The van der Waals surface area contributed by atoms with Gasteiger partial charge in [0.1, 0.15) is 10.6 Å². The van der Waals surface area contributed by atoms with E-state index < -0.39 is 39.7 Å². The molecule has 0 aliphatic carbocycles. The minimum absolute atomic E-state index is 0.0618. The summed E-state index contributed by atoms with van der Waals surface area (Å²) in [5.74, 6) is -2.02. The Labute approximate surface area is 289 Å². The minimum atomic E-state index is -1.48. The summed E-state index contributed by atoms with van der Waals surface area (Å²) in [5.41, 5.74) is 1.14. The van der Waals surface area contributed by atoms with E-state index in [-0.39, 0.29) is 47.1 Å². The summed E-state index contributed by atoms with van der Waals surface area (Å²) in [5, 5.41) is 9.65. The topological polar surface area (TPSA) is 165 Å². The van der Waals surface area contributed by atoms with Crippen molar-refractivity contribution in [3.8, 4) is 5.95 Å². The first-order valence-corrected chi connectivity index (χ1v) is 18.4. The molecule has 1 spiro atoms. The van der Waals surface area contributed by atoms with Crippen LogP contribution < -0.4 is 31.8 Å². The van der Waals surface area contributed by atoms with Crippen LogP contribution in [0.1, 0.15) is 91.4 Å². The molecule has 0 bridgehead atoms. The molecule has 1 aromatic heterocycles. The van der Waals surface area contributed by atoms with Gasteiger partial charge in [0, 0.05) is 23.2 Å². The molecular weight excluding hydrogens is 660 g/mol. The smallest absolute Gasteiger partial charge is 0.346 e. The lowest BCUT2D eigenvalue weighted by Gasteiger charge is -2.50. The number of hydroxylamine groups is 1. The number of hydrogen-bond acceptors (Lipinski definition) is 10. The van der Waals surface area contributed by atoms with Crippen molar-refractivity contribution in [2.45, 2.75) is 114 Å². The molecule has 3 aliphatic heterocycles. The second-order valence-corrected chi connectivity index (χ2v) is 14.6. The second-order valence-electron chi connectivity index (χ2n) is 12.8. The van der Waals surface area contributed by atoms with Crippen molar-refractivity contribution in [3.63, 3.8) is 0 Å². The van der Waals surface area contributed by atoms with Crippen LogP contribution in [0.25, 0.3) is 10.8 Å². The molecule has 3 aliphatic rings. The molecular formula is C34H45ClN4O8S. The number of urea groups is 1. The summed E-state index contributed by atoms with van der Waals surface area (Å²) in [6.07, 6.45) is 5.90. The Morgan fingerprint density at radius 1 is 1.08 bits per heavy atom. The van der Waals surface area contributed by atoms with E-state index in [1.54, 1.807) is 23.9 Å². The fraction of sp³-hybridized carbons (Fsp3) is 0.618. The summed E-state index contributed by atoms with van der Waals surface area (Å²) in [7, 11) is 0. The van der Waals surface area contributed by atoms with Crippen LogP contribution in [0.3, 0.4) is 0 Å². The highest BCUT2D eigenvalue weighted by Crippen LogP contribution is 2.54. The number of nitrogens with one attached hydrogen (secondary N) is 4. The number of carbonyl (C=O) groups excluding carboxylic acids is 4. The largest absolute Gasteiger partial charge is 0.464 e. The van der Waals surface area contributed by atoms with Crippen LogP contribution in [0.4, 0.5) is 10.5 Å². The number of amides is 3. The Morgan fingerprint density at radius 2 is 1.88 bits per heavy atom. The monoisotopic (exact) mass is 704 g/mol. The van der Waals surface area contributed by atoms with Crippen molar-refractivity contribution in [3.05, 3.63) is 33.6 Å². The number of carbonyl (C=O) groups is 4. The van der Waals surface area contributed by atoms with Crippen molar-refractivity contribution in [2.75, 3.05) is 17.7 Å². The molecule has 48 heavy (non-hydrogen) atoms. The SMILES string of the molecule is CCCCC(C(=O)Nc1ccc2c(Cl)c(OCCC)oc(=O)c2c1)C(=O)C1(CCCC)NOC(=O)CCCC[C@]12SC[C@H]1NC(=O)N[C@H]12. The van der Waals surface area contributed by atoms with Gasteiger partial charge in [-0.1, -0.05) is 70.5 Å². The summed E-state index contributed by atoms with van der Waals surface area (Å²) in [4.78, 5) is 73.5. The van der Waals surface area contributed by atoms with Gasteiger partial charge in [0.25, 0.3) is 0 Å². The second kappa shape index (κ2) is 15.5. The standard InChI is InChI=1S/C34H45ClN4O8S/c1-4-7-11-22(29(42)36-20-13-14-21-23(18-20)30(43)46-31(26(21)35)45-17-6-3)28(41)33(15-8-5-2)34(16-10-9-12-25(40)47-39-33)27-24(19-48-34)37-32(44)38-27/h13-14,18,22,24,27,39H,4-12,15-17,19H2,1-3H3,(H,36,42)(H2,37,38,44)/t22?,24-,27-,33?,34-/m1/s1. The van der Waals surface area contributed by atoms with Gasteiger partial charge in [-0.15, -0.1) is 17.2 Å². The maximum atomic E-state index is 15.3. The van der Waals surface area contributed by atoms with E-state index in [2.05, 4.69) is 21.4 Å². The number of fused-ring (bicyclic) bond motifs is 3. The maximum Gasteiger partial charge on any atom is 0.346 e. The van der Waals surface area contributed by atoms with Gasteiger partial charge >= 0.3 is 23.6 Å². The zero-order chi connectivity index (χ0) is 34.5. The molecule has 5 atom stereocenters. The van der Waals surface area contributed by atoms with E-state index in [9.17, 15) is 19.2 Å². The molecule has 4 N–H and O–H groups in total. The number of Topliss-reactive ketones (excluding diaryl/α,β-unsaturated/α-hetero) is 1. The average molecular weight is 705 g/mol. The number of rotatable bonds is 13. The molecule has 2 aromatic rings. The number of benzene rings is 1. The normalized spacial score (nSPS) is 26.1. The van der Waals surface area contributed by atoms with Crippen LogP contribution in [0, 0.1) is 5.92 Å². The van der Waals surface area contributed by atoms with Gasteiger partial charge in [0.15, 0.2) is 5.78 Å². The fourth-order valence-electron chi connectivity index (χ4n) is 7.18. The number of hydrogen-bond donors (Lipinski definition) is 4. The lowest BCUT2D eigenvalue weighted by Crippen LogP contribution is -2.72. The first kappa shape index (κ1) is 36.0. The molecule has 3 amide bonds. The predicted molar refractivity (Wildman–Crippen MR) is 184 cm³/mol. The first-order chi connectivity index (χ1) is 23.1. The van der Waals surface area contributed by atoms with Gasteiger partial charge in [-0.2, -0.15) is 0 Å². The summed E-state index contributed by atoms with van der Waals surface area (Å²) >= 11 is 8.08. The number of thioether (sulfide) groups is 1. The van der Waals surface area contributed by atoms with E-state index in [1.807, 2.05) is 20.8 Å². The minimum Gasteiger partial charge on any atom is -0.464 e. The maximum absolute atomic E-state index is 15.3. The first-order valence-electron chi connectivity index (χ1n) is 17.0. The van der Waals surface area contributed by atoms with Gasteiger partial charge in [-0.3, -0.25) is 14.4 Å². The van der Waals surface area contributed by atoms with Gasteiger partial charge < -0.3 is 29.9 Å². The van der Waals surface area contributed by atoms with E-state index in [1.165, 1.54) is 6.07 Å². The Bertz CT molecular complexity index is 1600. The number of unbranched alkanes of at least 4 members (excludes halogenated alkanes) is 2. The van der Waals surface area contributed by atoms with Gasteiger partial charge in [-0.05, 0) is 44.2 Å². The van der Waals surface area contributed by atoms with Crippen LogP contribution in [0.2, 0.25) is 5.02 Å². The Kier molecular flexibility index (Phi) is 11.6. The number of ether oxygens (including phenoxy) is 1. The van der Waals surface area contributed by atoms with Crippen LogP contribution >= 0.6 is 23.4 Å². The highest BCUT2D eigenvalue weighted by molar-refractivity contribution is 8.01. The molecule has 262 valence electrons. The van der Waals surface area contributed by atoms with Gasteiger partial charge in [0.05, 0.1) is 34.7 Å². The Hall–Kier alpha value is -3.29. The molecule has 3 fully saturated rings. The Balaban J connectivity index is 1.54. The van der Waals surface area contributed by atoms with Gasteiger partial charge in [0.2, 0.25) is 5.91 Å². The third-order valence-electron chi connectivity index (χ3n) is 9.62. The molecule has 3 saturated heterocycles. The van der Waals surface area contributed by atoms with E-state index in [4.69, 9.17) is 25.6 Å². The molecule has 0 radical (unpaired) electrons. The third kappa shape index (κ3) is 6.91. The van der Waals surface area contributed by atoms with Crippen LogP contribution in [0.15, 0.2) is 27.4 Å². The fourth-order valence-corrected chi connectivity index (χ4v) is 9.37. The molecule has 5 rings (SSSR count). The van der Waals surface area contributed by atoms with Crippen LogP contribution in [-0.2, 0) is 19.2 Å². The van der Waals surface area contributed by atoms with Gasteiger partial charge in [-0.25, -0.2) is 9.59 Å². The molecule has 12 nitrogen and oxygen atoms in total. The van der Waals surface area contributed by atoms with Crippen LogP contribution in [0.5, 0.6) is 5.95 Å². The summed E-state index contributed by atoms with van der Waals surface area (Å²) in [6, 6.07) is 3.74. The number of ketones is 1. The van der Waals surface area contributed by atoms with Crippen LogP contribution in [-0.4, -0.2) is 58.4 Å². The highest BCUT2D eigenvalue weighted by Gasteiger charge is 2.67. The quantitative estimate of drug-likeness (QED) is 0.152. The Morgan fingerprint density at radius 3 is 2.62 bits per heavy atom. The highest BCUT2D eigenvalue weighted by atomic mass is 35.5. The van der Waals surface area contributed by atoms with Crippen molar-refractivity contribution in [2.24, 2.45) is 5.92 Å². The molecule has 2 unspecified atom stereocenters. The third-order valence-corrected chi connectivity index (χ3v) is 11.8. The van der Waals surface area contributed by atoms with Crippen molar-refractivity contribution < 1.29 is 33.2 Å². The summed E-state index contributed by atoms with van der Waals surface area (Å²) < 4.78 is 9.92. The van der Waals surface area contributed by atoms with E-state index in [0.29, 0.717) is 68.4 Å². The molecule has 4 heterocycles. The lowest BCUT2D eigenvalue weighted by atomic mass is 9.66. The predicted octanol–water partition coefficient (Wildman–Crippen LogP) is 5.64. The number of anilines is 1. The molecule has 1 aromatic carbocycles. The lowest BCUT2D eigenvalue weighted by molar-refractivity contribution is -0.162. The van der Waals surface area contributed by atoms with E-state index >= 15 is 4.79 Å². The molecule has 14 heteroatoms. The molecule has 0 saturated carbocycles. The summed E-state index contributed by atoms with van der Waals surface area (Å²) in [6.45, 7) is 6.24. The van der Waals surface area contributed by atoms with Crippen molar-refractivity contribution >= 4 is 63.5 Å². The van der Waals surface area contributed by atoms with Crippen molar-refractivity contribution in [1.82, 2.24) is 16.1 Å². The van der Waals surface area contributed by atoms with E-state index in [0.717, 1.165) is 12.8 Å². The average Bonchev–Trinajstić information content (AvgIpc) is 3.63.